The van der Waals surface area contributed by atoms with Gasteiger partial charge in [-0.2, -0.15) is 0 Å². The van der Waals surface area contributed by atoms with E-state index < -0.39 is 0 Å². The predicted octanol–water partition coefficient (Wildman–Crippen LogP) is 2.11. The molecule has 0 amide bonds. The lowest BCUT2D eigenvalue weighted by molar-refractivity contribution is 0.0330. The molecule has 13 heavy (non-hydrogen) atoms. The Bertz CT molecular complexity index is 158. The standard InChI is InChI=1S/C11H21NO/c1-4-6-10(12-5-2)11-8-7-9(3)13-11/h4,9-12H,1,5-8H2,2-3H3. The summed E-state index contributed by atoms with van der Waals surface area (Å²) in [6.45, 7) is 9.07. The van der Waals surface area contributed by atoms with Crippen molar-refractivity contribution < 1.29 is 4.74 Å². The maximum absolute atomic E-state index is 5.82. The van der Waals surface area contributed by atoms with Gasteiger partial charge in [-0.05, 0) is 32.7 Å². The Hall–Kier alpha value is -0.340. The lowest BCUT2D eigenvalue weighted by atomic mass is 10.0. The molecule has 0 aliphatic carbocycles. The summed E-state index contributed by atoms with van der Waals surface area (Å²) in [5, 5.41) is 3.45. The first-order chi connectivity index (χ1) is 6.27. The molecule has 0 saturated carbocycles. The molecule has 0 aromatic carbocycles. The van der Waals surface area contributed by atoms with E-state index >= 15 is 0 Å². The van der Waals surface area contributed by atoms with E-state index in [-0.39, 0.29) is 0 Å². The molecule has 1 heterocycles. The molecule has 2 heteroatoms. The first kappa shape index (κ1) is 10.7. The van der Waals surface area contributed by atoms with E-state index in [0.29, 0.717) is 18.2 Å². The van der Waals surface area contributed by atoms with E-state index in [1.54, 1.807) is 0 Å². The second-order valence-electron chi connectivity index (χ2n) is 3.75. The number of nitrogens with one attached hydrogen (secondary N) is 1. The fourth-order valence-electron chi connectivity index (χ4n) is 1.94. The molecule has 1 N–H and O–H groups in total. The van der Waals surface area contributed by atoms with Crippen molar-refractivity contribution in [3.05, 3.63) is 12.7 Å². The molecule has 0 spiro atoms. The monoisotopic (exact) mass is 183 g/mol. The highest BCUT2D eigenvalue weighted by Gasteiger charge is 2.27. The molecule has 1 aliphatic rings. The third-order valence-electron chi connectivity index (χ3n) is 2.60. The summed E-state index contributed by atoms with van der Waals surface area (Å²) in [4.78, 5) is 0. The molecule has 0 radical (unpaired) electrons. The topological polar surface area (TPSA) is 21.3 Å². The van der Waals surface area contributed by atoms with Gasteiger partial charge in [-0.3, -0.25) is 0 Å². The second kappa shape index (κ2) is 5.40. The summed E-state index contributed by atoms with van der Waals surface area (Å²) in [5.74, 6) is 0. The maximum atomic E-state index is 5.82. The quantitative estimate of drug-likeness (QED) is 0.659. The van der Waals surface area contributed by atoms with Gasteiger partial charge in [0.25, 0.3) is 0 Å². The summed E-state index contributed by atoms with van der Waals surface area (Å²) >= 11 is 0. The molecule has 2 nitrogen and oxygen atoms in total. The lowest BCUT2D eigenvalue weighted by Gasteiger charge is -2.23. The number of hydrogen-bond acceptors (Lipinski definition) is 2. The van der Waals surface area contributed by atoms with Crippen LogP contribution in [0.3, 0.4) is 0 Å². The molecule has 76 valence electrons. The zero-order valence-electron chi connectivity index (χ0n) is 8.75. The second-order valence-corrected chi connectivity index (χ2v) is 3.75. The van der Waals surface area contributed by atoms with Gasteiger partial charge >= 0.3 is 0 Å². The Morgan fingerprint density at radius 2 is 2.38 bits per heavy atom. The highest BCUT2D eigenvalue weighted by Crippen LogP contribution is 2.23. The summed E-state index contributed by atoms with van der Waals surface area (Å²) in [6.07, 6.45) is 6.20. The van der Waals surface area contributed by atoms with Crippen molar-refractivity contribution in [3.63, 3.8) is 0 Å². The van der Waals surface area contributed by atoms with Crippen LogP contribution < -0.4 is 5.32 Å². The minimum atomic E-state index is 0.396. The third kappa shape index (κ3) is 3.12. The van der Waals surface area contributed by atoms with E-state index in [0.717, 1.165) is 13.0 Å². The number of hydrogen-bond donors (Lipinski definition) is 1. The summed E-state index contributed by atoms with van der Waals surface area (Å²) < 4.78 is 5.82. The van der Waals surface area contributed by atoms with E-state index in [2.05, 4.69) is 25.7 Å². The Kier molecular flexibility index (Phi) is 4.46. The van der Waals surface area contributed by atoms with Gasteiger partial charge in [0, 0.05) is 6.04 Å². The Morgan fingerprint density at radius 1 is 1.62 bits per heavy atom. The van der Waals surface area contributed by atoms with Crippen LogP contribution in [0, 0.1) is 0 Å². The van der Waals surface area contributed by atoms with E-state index in [1.807, 2.05) is 6.08 Å². The average Bonchev–Trinajstić information content (AvgIpc) is 2.51. The summed E-state index contributed by atoms with van der Waals surface area (Å²) in [6, 6.07) is 0.465. The van der Waals surface area contributed by atoms with Crippen LogP contribution >= 0.6 is 0 Å². The molecule has 1 rings (SSSR count). The summed E-state index contributed by atoms with van der Waals surface area (Å²) in [7, 11) is 0. The van der Waals surface area contributed by atoms with Crippen LogP contribution in [0.15, 0.2) is 12.7 Å². The minimum absolute atomic E-state index is 0.396. The van der Waals surface area contributed by atoms with Crippen molar-refractivity contribution in [3.8, 4) is 0 Å². The van der Waals surface area contributed by atoms with Crippen molar-refractivity contribution in [2.45, 2.75) is 51.4 Å². The fraction of sp³-hybridized carbons (Fsp3) is 0.818. The number of rotatable bonds is 5. The van der Waals surface area contributed by atoms with Crippen LogP contribution in [-0.4, -0.2) is 24.8 Å². The van der Waals surface area contributed by atoms with Crippen molar-refractivity contribution in [1.29, 1.82) is 0 Å². The van der Waals surface area contributed by atoms with Crippen LogP contribution in [0.2, 0.25) is 0 Å². The first-order valence-electron chi connectivity index (χ1n) is 5.27. The van der Waals surface area contributed by atoms with Crippen molar-refractivity contribution in [2.24, 2.45) is 0 Å². The van der Waals surface area contributed by atoms with Gasteiger partial charge < -0.3 is 10.1 Å². The van der Waals surface area contributed by atoms with E-state index in [1.165, 1.54) is 12.8 Å². The normalized spacial score (nSPS) is 30.3. The summed E-state index contributed by atoms with van der Waals surface area (Å²) in [5.41, 5.74) is 0. The van der Waals surface area contributed by atoms with Gasteiger partial charge in [0.15, 0.2) is 0 Å². The largest absolute Gasteiger partial charge is 0.374 e. The fourth-order valence-corrected chi connectivity index (χ4v) is 1.94. The van der Waals surface area contributed by atoms with Crippen LogP contribution in [0.25, 0.3) is 0 Å². The molecule has 1 fully saturated rings. The van der Waals surface area contributed by atoms with Crippen LogP contribution in [0.4, 0.5) is 0 Å². The lowest BCUT2D eigenvalue weighted by Crippen LogP contribution is -2.39. The molecule has 3 atom stereocenters. The van der Waals surface area contributed by atoms with Gasteiger partial charge in [-0.1, -0.05) is 13.0 Å². The van der Waals surface area contributed by atoms with Gasteiger partial charge in [0.05, 0.1) is 12.2 Å². The van der Waals surface area contributed by atoms with Crippen molar-refractivity contribution in [2.75, 3.05) is 6.54 Å². The number of likely N-dealkylation sites (N-methyl/N-ethyl adjacent to an activating group) is 1. The zero-order valence-corrected chi connectivity index (χ0v) is 8.75. The Morgan fingerprint density at radius 3 is 2.85 bits per heavy atom. The van der Waals surface area contributed by atoms with Crippen LogP contribution in [-0.2, 0) is 4.74 Å². The third-order valence-corrected chi connectivity index (χ3v) is 2.60. The van der Waals surface area contributed by atoms with Crippen molar-refractivity contribution >= 4 is 0 Å². The van der Waals surface area contributed by atoms with E-state index in [9.17, 15) is 0 Å². The molecule has 1 aliphatic heterocycles. The highest BCUT2D eigenvalue weighted by molar-refractivity contribution is 4.87. The minimum Gasteiger partial charge on any atom is -0.374 e. The van der Waals surface area contributed by atoms with Gasteiger partial charge in [-0.15, -0.1) is 6.58 Å². The van der Waals surface area contributed by atoms with Crippen molar-refractivity contribution in [1.82, 2.24) is 5.32 Å². The predicted molar refractivity (Wildman–Crippen MR) is 55.8 cm³/mol. The molecule has 0 aromatic heterocycles. The average molecular weight is 183 g/mol. The molecule has 3 unspecified atom stereocenters. The molecule has 0 aromatic rings. The number of ether oxygens (including phenoxy) is 1. The SMILES string of the molecule is C=CCC(NCC)C1CCC(C)O1. The van der Waals surface area contributed by atoms with Gasteiger partial charge in [-0.25, -0.2) is 0 Å². The van der Waals surface area contributed by atoms with Crippen LogP contribution in [0.5, 0.6) is 0 Å². The van der Waals surface area contributed by atoms with E-state index in [4.69, 9.17) is 4.74 Å². The molecule has 1 saturated heterocycles. The molecular weight excluding hydrogens is 162 g/mol. The van der Waals surface area contributed by atoms with Gasteiger partial charge in [0.1, 0.15) is 0 Å². The molecular formula is C11H21NO. The van der Waals surface area contributed by atoms with Crippen LogP contribution in [0.1, 0.15) is 33.1 Å². The van der Waals surface area contributed by atoms with Gasteiger partial charge in [0.2, 0.25) is 0 Å². The Balaban J connectivity index is 2.39. The highest BCUT2D eigenvalue weighted by atomic mass is 16.5. The maximum Gasteiger partial charge on any atom is 0.0735 e. The Labute approximate surface area is 81.4 Å². The molecule has 0 bridgehead atoms. The first-order valence-corrected chi connectivity index (χ1v) is 5.27. The smallest absolute Gasteiger partial charge is 0.0735 e. The zero-order chi connectivity index (χ0) is 9.68.